The molecule has 0 aliphatic heterocycles. The first-order valence-corrected chi connectivity index (χ1v) is 4.51. The number of nitrogens with zero attached hydrogens (tertiary/aromatic N) is 1. The third-order valence-electron chi connectivity index (χ3n) is 1.75. The quantitative estimate of drug-likeness (QED) is 0.746. The van der Waals surface area contributed by atoms with Gasteiger partial charge >= 0.3 is 5.97 Å². The highest BCUT2D eigenvalue weighted by atomic mass is 32.1. The van der Waals surface area contributed by atoms with Crippen molar-refractivity contribution in [3.8, 4) is 6.07 Å². The Balaban J connectivity index is 2.96. The lowest BCUT2D eigenvalue weighted by atomic mass is 10.1. The molecule has 3 nitrogen and oxygen atoms in total. The van der Waals surface area contributed by atoms with Gasteiger partial charge < -0.3 is 5.11 Å². The molecule has 72 valence electrons. The molecule has 1 N–H and O–H groups in total. The number of hydrogen-bond acceptors (Lipinski definition) is 3. The van der Waals surface area contributed by atoms with Crippen LogP contribution in [0.5, 0.6) is 0 Å². The van der Waals surface area contributed by atoms with E-state index in [-0.39, 0.29) is 5.56 Å². The first kappa shape index (κ1) is 10.6. The van der Waals surface area contributed by atoms with E-state index in [2.05, 4.69) is 12.6 Å². The predicted molar refractivity (Wildman–Crippen MR) is 54.6 cm³/mol. The van der Waals surface area contributed by atoms with Crippen molar-refractivity contribution in [2.75, 3.05) is 0 Å². The van der Waals surface area contributed by atoms with Gasteiger partial charge in [0.1, 0.15) is 0 Å². The molecule has 0 radical (unpaired) electrons. The maximum Gasteiger partial charge on any atom is 0.335 e. The second kappa shape index (κ2) is 4.68. The minimum absolute atomic E-state index is 0.213. The number of carbonyl (C=O) groups is 1. The Hall–Kier alpha value is -1.47. The van der Waals surface area contributed by atoms with E-state index < -0.39 is 5.97 Å². The summed E-state index contributed by atoms with van der Waals surface area (Å²) >= 11 is 4.09. The molecule has 0 spiro atoms. The Bertz CT molecular complexity index is 396. The van der Waals surface area contributed by atoms with Crippen LogP contribution in [0.4, 0.5) is 0 Å². The number of nitriles is 1. The molecule has 0 atom stereocenters. The second-order valence-corrected chi connectivity index (χ2v) is 3.37. The van der Waals surface area contributed by atoms with Gasteiger partial charge in [0.15, 0.2) is 0 Å². The monoisotopic (exact) mass is 207 g/mol. The Labute approximate surface area is 87.4 Å². The van der Waals surface area contributed by atoms with Gasteiger partial charge in [0, 0.05) is 11.3 Å². The van der Waals surface area contributed by atoms with Crippen molar-refractivity contribution in [1.29, 1.82) is 5.26 Å². The van der Waals surface area contributed by atoms with E-state index in [1.54, 1.807) is 12.1 Å². The first-order valence-electron chi connectivity index (χ1n) is 4.06. The van der Waals surface area contributed by atoms with Gasteiger partial charge in [0.25, 0.3) is 0 Å². The number of carboxylic acid groups (broad SMARTS) is 1. The summed E-state index contributed by atoms with van der Waals surface area (Å²) in [7, 11) is 0. The number of rotatable bonds is 3. The van der Waals surface area contributed by atoms with E-state index in [1.807, 2.05) is 6.07 Å². The molecule has 0 unspecified atom stereocenters. The topological polar surface area (TPSA) is 61.1 Å². The van der Waals surface area contributed by atoms with Crippen molar-refractivity contribution < 1.29 is 9.90 Å². The zero-order valence-corrected chi connectivity index (χ0v) is 8.29. The Morgan fingerprint density at radius 3 is 2.79 bits per heavy atom. The average Bonchev–Trinajstić information content (AvgIpc) is 2.14. The summed E-state index contributed by atoms with van der Waals surface area (Å²) in [5.74, 6) is -0.973. The SMILES string of the molecule is N#CCCc1cc(S)cc(C(=O)O)c1. The molecule has 0 fully saturated rings. The van der Waals surface area contributed by atoms with Crippen LogP contribution in [0.3, 0.4) is 0 Å². The minimum atomic E-state index is -0.973. The summed E-state index contributed by atoms with van der Waals surface area (Å²) in [6, 6.07) is 6.84. The Kier molecular flexibility index (Phi) is 3.55. The highest BCUT2D eigenvalue weighted by Gasteiger charge is 2.05. The zero-order valence-electron chi connectivity index (χ0n) is 7.40. The van der Waals surface area contributed by atoms with Crippen LogP contribution in [0.2, 0.25) is 0 Å². The number of aryl methyl sites for hydroxylation is 1. The van der Waals surface area contributed by atoms with Gasteiger partial charge in [-0.25, -0.2) is 4.79 Å². The molecular weight excluding hydrogens is 198 g/mol. The van der Waals surface area contributed by atoms with Crippen molar-refractivity contribution in [2.45, 2.75) is 17.7 Å². The number of carboxylic acids is 1. The molecule has 0 aliphatic rings. The molecule has 0 saturated heterocycles. The largest absolute Gasteiger partial charge is 0.478 e. The van der Waals surface area contributed by atoms with Gasteiger partial charge in [-0.05, 0) is 30.2 Å². The second-order valence-electron chi connectivity index (χ2n) is 2.85. The normalized spacial score (nSPS) is 9.43. The van der Waals surface area contributed by atoms with Crippen molar-refractivity contribution >= 4 is 18.6 Å². The summed E-state index contributed by atoms with van der Waals surface area (Å²) in [5.41, 5.74) is 1.04. The van der Waals surface area contributed by atoms with Crippen molar-refractivity contribution in [1.82, 2.24) is 0 Å². The molecule has 0 amide bonds. The number of hydrogen-bond donors (Lipinski definition) is 2. The van der Waals surface area contributed by atoms with Gasteiger partial charge in [-0.15, -0.1) is 12.6 Å². The summed E-state index contributed by atoms with van der Waals surface area (Å²) in [6.45, 7) is 0. The molecule has 1 aromatic carbocycles. The summed E-state index contributed by atoms with van der Waals surface area (Å²) < 4.78 is 0. The Morgan fingerprint density at radius 1 is 1.50 bits per heavy atom. The zero-order chi connectivity index (χ0) is 10.6. The summed E-state index contributed by atoms with van der Waals surface area (Å²) in [6.07, 6.45) is 0.946. The van der Waals surface area contributed by atoms with E-state index in [0.717, 1.165) is 5.56 Å². The molecule has 14 heavy (non-hydrogen) atoms. The van der Waals surface area contributed by atoms with Crippen LogP contribution >= 0.6 is 12.6 Å². The van der Waals surface area contributed by atoms with E-state index in [9.17, 15) is 4.79 Å². The van der Waals surface area contributed by atoms with Crippen LogP contribution in [0.15, 0.2) is 23.1 Å². The molecule has 0 heterocycles. The first-order chi connectivity index (χ1) is 6.63. The summed E-state index contributed by atoms with van der Waals surface area (Å²) in [5, 5.41) is 17.2. The minimum Gasteiger partial charge on any atom is -0.478 e. The van der Waals surface area contributed by atoms with E-state index in [0.29, 0.717) is 17.7 Å². The highest BCUT2D eigenvalue weighted by molar-refractivity contribution is 7.80. The molecule has 4 heteroatoms. The molecule has 0 saturated carbocycles. The van der Waals surface area contributed by atoms with Crippen molar-refractivity contribution in [3.63, 3.8) is 0 Å². The molecular formula is C10H9NO2S. The molecule has 1 rings (SSSR count). The average molecular weight is 207 g/mol. The van der Waals surface area contributed by atoms with Gasteiger partial charge in [-0.1, -0.05) is 0 Å². The number of aromatic carboxylic acids is 1. The third kappa shape index (κ3) is 2.79. The molecule has 1 aromatic rings. The van der Waals surface area contributed by atoms with E-state index in [1.165, 1.54) is 6.07 Å². The number of benzene rings is 1. The third-order valence-corrected chi connectivity index (χ3v) is 2.01. The highest BCUT2D eigenvalue weighted by Crippen LogP contribution is 2.15. The van der Waals surface area contributed by atoms with E-state index in [4.69, 9.17) is 10.4 Å². The van der Waals surface area contributed by atoms with Gasteiger partial charge in [-0.2, -0.15) is 5.26 Å². The lowest BCUT2D eigenvalue weighted by molar-refractivity contribution is 0.0696. The molecule has 0 aromatic heterocycles. The maximum atomic E-state index is 10.7. The van der Waals surface area contributed by atoms with Crippen LogP contribution in [-0.2, 0) is 6.42 Å². The fourth-order valence-corrected chi connectivity index (χ4v) is 1.45. The van der Waals surface area contributed by atoms with Crippen LogP contribution in [0.1, 0.15) is 22.3 Å². The fraction of sp³-hybridized carbons (Fsp3) is 0.200. The molecule has 0 bridgehead atoms. The fourth-order valence-electron chi connectivity index (χ4n) is 1.14. The number of thiol groups is 1. The van der Waals surface area contributed by atoms with Crippen LogP contribution < -0.4 is 0 Å². The van der Waals surface area contributed by atoms with E-state index >= 15 is 0 Å². The maximum absolute atomic E-state index is 10.7. The van der Waals surface area contributed by atoms with Crippen LogP contribution in [-0.4, -0.2) is 11.1 Å². The van der Waals surface area contributed by atoms with Gasteiger partial charge in [0.2, 0.25) is 0 Å². The van der Waals surface area contributed by atoms with Gasteiger partial charge in [-0.3, -0.25) is 0 Å². The van der Waals surface area contributed by atoms with Crippen molar-refractivity contribution in [2.24, 2.45) is 0 Å². The van der Waals surface area contributed by atoms with Crippen LogP contribution in [0.25, 0.3) is 0 Å². The predicted octanol–water partition coefficient (Wildman–Crippen LogP) is 2.13. The van der Waals surface area contributed by atoms with Crippen molar-refractivity contribution in [3.05, 3.63) is 29.3 Å². The Morgan fingerprint density at radius 2 is 2.21 bits per heavy atom. The standard InChI is InChI=1S/C10H9NO2S/c11-3-1-2-7-4-8(10(12)13)6-9(14)5-7/h4-6,14H,1-2H2,(H,12,13). The lowest BCUT2D eigenvalue weighted by Gasteiger charge is -2.01. The molecule has 0 aliphatic carbocycles. The van der Waals surface area contributed by atoms with Crippen LogP contribution in [0, 0.1) is 11.3 Å². The van der Waals surface area contributed by atoms with Gasteiger partial charge in [0.05, 0.1) is 11.6 Å². The lowest BCUT2D eigenvalue weighted by Crippen LogP contribution is -1.98. The summed E-state index contributed by atoms with van der Waals surface area (Å²) in [4.78, 5) is 11.3. The smallest absolute Gasteiger partial charge is 0.335 e.